The predicted octanol–water partition coefficient (Wildman–Crippen LogP) is 1.80. The van der Waals surface area contributed by atoms with Crippen LogP contribution in [0.5, 0.6) is 0 Å². The minimum Gasteiger partial charge on any atom is -0.393 e. The fourth-order valence-corrected chi connectivity index (χ4v) is 3.85. The average molecular weight is 340 g/mol. The highest BCUT2D eigenvalue weighted by Crippen LogP contribution is 2.52. The maximum Gasteiger partial charge on any atom is 0.241 e. The number of rotatable bonds is 2. The van der Waals surface area contributed by atoms with Gasteiger partial charge < -0.3 is 9.84 Å². The molecule has 22 heavy (non-hydrogen) atoms. The molecule has 2 fully saturated rings. The van der Waals surface area contributed by atoms with Crippen LogP contribution in [-0.2, 0) is 14.3 Å². The standard InChI is InChI=1S/C15H11Cl2NO4/c16-8-2-1-7(5-9(8)17)18-13(20)11-10-3-4-15(6-19,22-10)12(11)14(18)21/h1-5,10-12,19H,6H2/t10-,11-,12+,15+/m1/s1. The molecule has 0 unspecified atom stereocenters. The monoisotopic (exact) mass is 339 g/mol. The number of fused-ring (bicyclic) bond motifs is 5. The maximum atomic E-state index is 12.8. The molecule has 7 heteroatoms. The quantitative estimate of drug-likeness (QED) is 0.659. The highest BCUT2D eigenvalue weighted by atomic mass is 35.5. The van der Waals surface area contributed by atoms with Crippen LogP contribution in [0.15, 0.2) is 30.4 Å². The van der Waals surface area contributed by atoms with Gasteiger partial charge in [-0.05, 0) is 18.2 Å². The Labute approximate surface area is 136 Å². The Kier molecular flexibility index (Phi) is 2.94. The minimum absolute atomic E-state index is 0.269. The summed E-state index contributed by atoms with van der Waals surface area (Å²) in [5.41, 5.74) is -0.709. The van der Waals surface area contributed by atoms with Crippen molar-refractivity contribution in [3.05, 3.63) is 40.4 Å². The first-order valence-corrected chi connectivity index (χ1v) is 7.55. The van der Waals surface area contributed by atoms with Crippen molar-refractivity contribution in [3.8, 4) is 0 Å². The summed E-state index contributed by atoms with van der Waals surface area (Å²) in [7, 11) is 0. The molecule has 2 amide bonds. The molecule has 2 saturated heterocycles. The molecule has 0 saturated carbocycles. The number of benzene rings is 1. The number of imide groups is 1. The molecule has 3 heterocycles. The molecule has 0 aliphatic carbocycles. The van der Waals surface area contributed by atoms with Crippen LogP contribution in [0.3, 0.4) is 0 Å². The van der Waals surface area contributed by atoms with E-state index in [0.717, 1.165) is 4.90 Å². The average Bonchev–Trinajstić information content (AvgIpc) is 3.14. The van der Waals surface area contributed by atoms with E-state index in [1.54, 1.807) is 24.3 Å². The number of carbonyl (C=O) groups excluding carboxylic acids is 2. The molecule has 1 aromatic rings. The molecule has 2 bridgehead atoms. The first kappa shape index (κ1) is 14.2. The molecule has 5 nitrogen and oxygen atoms in total. The van der Waals surface area contributed by atoms with E-state index in [1.165, 1.54) is 6.07 Å². The van der Waals surface area contributed by atoms with E-state index >= 15 is 0 Å². The number of halogens is 2. The van der Waals surface area contributed by atoms with Crippen LogP contribution in [0.25, 0.3) is 0 Å². The van der Waals surface area contributed by atoms with Crippen molar-refractivity contribution in [2.24, 2.45) is 11.8 Å². The predicted molar refractivity (Wildman–Crippen MR) is 79.8 cm³/mol. The van der Waals surface area contributed by atoms with Crippen LogP contribution in [0.1, 0.15) is 0 Å². The van der Waals surface area contributed by atoms with E-state index < -0.39 is 23.5 Å². The molecule has 114 valence electrons. The van der Waals surface area contributed by atoms with Gasteiger partial charge in [-0.3, -0.25) is 9.59 Å². The van der Waals surface area contributed by atoms with Crippen LogP contribution in [0, 0.1) is 11.8 Å². The molecule has 0 aromatic heterocycles. The van der Waals surface area contributed by atoms with Gasteiger partial charge in [0, 0.05) is 0 Å². The topological polar surface area (TPSA) is 66.8 Å². The summed E-state index contributed by atoms with van der Waals surface area (Å²) in [6.07, 6.45) is 2.95. The summed E-state index contributed by atoms with van der Waals surface area (Å²) in [6.45, 7) is -0.338. The Bertz CT molecular complexity index is 734. The molecule has 4 rings (SSSR count). The molecule has 1 N–H and O–H groups in total. The zero-order valence-electron chi connectivity index (χ0n) is 11.2. The first-order chi connectivity index (χ1) is 10.5. The zero-order valence-corrected chi connectivity index (χ0v) is 12.7. The van der Waals surface area contributed by atoms with Gasteiger partial charge in [-0.25, -0.2) is 4.90 Å². The molecule has 3 aliphatic heterocycles. The highest BCUT2D eigenvalue weighted by Gasteiger charge is 2.67. The van der Waals surface area contributed by atoms with Crippen molar-refractivity contribution < 1.29 is 19.4 Å². The normalized spacial score (nSPS) is 35.6. The van der Waals surface area contributed by atoms with Crippen molar-refractivity contribution >= 4 is 40.7 Å². The number of aliphatic hydroxyl groups is 1. The van der Waals surface area contributed by atoms with Gasteiger partial charge in [0.2, 0.25) is 11.8 Å². The van der Waals surface area contributed by atoms with Crippen LogP contribution >= 0.6 is 23.2 Å². The van der Waals surface area contributed by atoms with E-state index in [0.29, 0.717) is 10.7 Å². The Morgan fingerprint density at radius 3 is 2.68 bits per heavy atom. The number of aliphatic hydroxyl groups excluding tert-OH is 1. The molecule has 0 radical (unpaired) electrons. The van der Waals surface area contributed by atoms with Gasteiger partial charge in [-0.2, -0.15) is 0 Å². The summed E-state index contributed by atoms with van der Waals surface area (Å²) < 4.78 is 5.67. The van der Waals surface area contributed by atoms with E-state index in [1.807, 2.05) is 0 Å². The number of anilines is 1. The molecule has 0 spiro atoms. The van der Waals surface area contributed by atoms with Gasteiger partial charge in [-0.15, -0.1) is 0 Å². The highest BCUT2D eigenvalue weighted by molar-refractivity contribution is 6.42. The second kappa shape index (κ2) is 4.55. The van der Waals surface area contributed by atoms with Crippen molar-refractivity contribution in [1.29, 1.82) is 0 Å². The van der Waals surface area contributed by atoms with E-state index in [2.05, 4.69) is 0 Å². The Morgan fingerprint density at radius 2 is 2.00 bits per heavy atom. The van der Waals surface area contributed by atoms with Crippen molar-refractivity contribution in [1.82, 2.24) is 0 Å². The lowest BCUT2D eigenvalue weighted by molar-refractivity contribution is -0.128. The third kappa shape index (κ3) is 1.62. The lowest BCUT2D eigenvalue weighted by Crippen LogP contribution is -2.43. The van der Waals surface area contributed by atoms with Crippen LogP contribution < -0.4 is 4.90 Å². The lowest BCUT2D eigenvalue weighted by atomic mass is 9.77. The van der Waals surface area contributed by atoms with Gasteiger partial charge in [-0.1, -0.05) is 35.4 Å². The first-order valence-electron chi connectivity index (χ1n) is 6.79. The van der Waals surface area contributed by atoms with Gasteiger partial charge in [0.15, 0.2) is 0 Å². The molecular weight excluding hydrogens is 329 g/mol. The number of hydrogen-bond acceptors (Lipinski definition) is 4. The van der Waals surface area contributed by atoms with Crippen LogP contribution in [-0.4, -0.2) is 35.2 Å². The Hall–Kier alpha value is -1.40. The van der Waals surface area contributed by atoms with Crippen molar-refractivity contribution in [2.75, 3.05) is 11.5 Å². The summed E-state index contributed by atoms with van der Waals surface area (Å²) in [5.74, 6) is -2.01. The minimum atomic E-state index is -1.09. The van der Waals surface area contributed by atoms with E-state index in [4.69, 9.17) is 27.9 Å². The molecular formula is C15H11Cl2NO4. The van der Waals surface area contributed by atoms with Gasteiger partial charge in [0.05, 0.1) is 40.3 Å². The Morgan fingerprint density at radius 1 is 1.23 bits per heavy atom. The largest absolute Gasteiger partial charge is 0.393 e. The van der Waals surface area contributed by atoms with Gasteiger partial charge in [0.25, 0.3) is 0 Å². The number of nitrogens with zero attached hydrogens (tertiary/aromatic N) is 1. The fraction of sp³-hybridized carbons (Fsp3) is 0.333. The summed E-state index contributed by atoms with van der Waals surface area (Å²) >= 11 is 11.8. The fourth-order valence-electron chi connectivity index (χ4n) is 3.56. The lowest BCUT2D eigenvalue weighted by Gasteiger charge is -2.26. The summed E-state index contributed by atoms with van der Waals surface area (Å²) in [4.78, 5) is 26.5. The van der Waals surface area contributed by atoms with Crippen molar-refractivity contribution in [2.45, 2.75) is 11.7 Å². The van der Waals surface area contributed by atoms with Gasteiger partial charge >= 0.3 is 0 Å². The molecule has 1 aromatic carbocycles. The third-order valence-electron chi connectivity index (χ3n) is 4.56. The van der Waals surface area contributed by atoms with Crippen LogP contribution in [0.2, 0.25) is 10.0 Å². The number of amides is 2. The summed E-state index contributed by atoms with van der Waals surface area (Å²) in [6, 6.07) is 4.61. The van der Waals surface area contributed by atoms with Crippen molar-refractivity contribution in [3.63, 3.8) is 0 Å². The SMILES string of the molecule is O=C1[C@H]2[C@@H](C(=O)N1c1ccc(Cl)c(Cl)c1)[C@@]1(CO)C=C[C@H]2O1. The van der Waals surface area contributed by atoms with Crippen LogP contribution in [0.4, 0.5) is 5.69 Å². The maximum absolute atomic E-state index is 12.8. The van der Waals surface area contributed by atoms with E-state index in [-0.39, 0.29) is 23.4 Å². The number of ether oxygens (including phenoxy) is 1. The second-order valence-electron chi connectivity index (χ2n) is 5.67. The molecule has 3 aliphatic rings. The summed E-state index contributed by atoms with van der Waals surface area (Å²) in [5, 5.41) is 10.3. The number of carbonyl (C=O) groups is 2. The van der Waals surface area contributed by atoms with Gasteiger partial charge in [0.1, 0.15) is 5.60 Å². The molecule has 4 atom stereocenters. The Balaban J connectivity index is 1.77. The van der Waals surface area contributed by atoms with E-state index in [9.17, 15) is 14.7 Å². The smallest absolute Gasteiger partial charge is 0.241 e. The third-order valence-corrected chi connectivity index (χ3v) is 5.30. The number of hydrogen-bond donors (Lipinski definition) is 1. The second-order valence-corrected chi connectivity index (χ2v) is 6.48. The zero-order chi connectivity index (χ0) is 15.6.